The van der Waals surface area contributed by atoms with Gasteiger partial charge in [0.15, 0.2) is 5.69 Å². The highest BCUT2D eigenvalue weighted by Crippen LogP contribution is 2.22. The van der Waals surface area contributed by atoms with Crippen LogP contribution in [0.1, 0.15) is 17.4 Å². The zero-order chi connectivity index (χ0) is 13.8. The molecule has 0 saturated heterocycles. The van der Waals surface area contributed by atoms with Crippen LogP contribution in [0.2, 0.25) is 0 Å². The number of ether oxygens (including phenoxy) is 1. The number of methoxy groups -OCH3 is 1. The minimum absolute atomic E-state index is 0.0468. The predicted molar refractivity (Wildman–Crippen MR) is 68.9 cm³/mol. The van der Waals surface area contributed by atoms with Crippen LogP contribution in [0.3, 0.4) is 0 Å². The summed E-state index contributed by atoms with van der Waals surface area (Å²) < 4.78 is 6.74. The third-order valence-electron chi connectivity index (χ3n) is 2.82. The van der Waals surface area contributed by atoms with Gasteiger partial charge in [0.2, 0.25) is 0 Å². The summed E-state index contributed by atoms with van der Waals surface area (Å²) in [5.41, 5.74) is 1.22. The Bertz CT molecular complexity index is 566. The Balaban J connectivity index is 2.48. The van der Waals surface area contributed by atoms with E-state index in [0.29, 0.717) is 12.2 Å². The molecule has 0 saturated carbocycles. The fourth-order valence-electron chi connectivity index (χ4n) is 1.78. The minimum atomic E-state index is -1.09. The lowest BCUT2D eigenvalue weighted by molar-refractivity contribution is 0.0691. The minimum Gasteiger partial charge on any atom is -0.476 e. The van der Waals surface area contributed by atoms with Crippen LogP contribution in [0, 0.1) is 0 Å². The van der Waals surface area contributed by atoms with E-state index in [2.05, 4.69) is 10.3 Å². The van der Waals surface area contributed by atoms with Gasteiger partial charge in [-0.25, -0.2) is 9.48 Å². The second-order valence-corrected chi connectivity index (χ2v) is 4.19. The molecule has 0 aliphatic rings. The molecule has 1 N–H and O–H groups in total. The number of nitrogens with zero attached hydrogens (tertiary/aromatic N) is 3. The first-order chi connectivity index (χ1) is 9.13. The van der Waals surface area contributed by atoms with Gasteiger partial charge >= 0.3 is 5.97 Å². The van der Waals surface area contributed by atoms with Gasteiger partial charge in [-0.2, -0.15) is 0 Å². The van der Waals surface area contributed by atoms with E-state index in [-0.39, 0.29) is 11.8 Å². The van der Waals surface area contributed by atoms with Gasteiger partial charge < -0.3 is 9.84 Å². The fourth-order valence-corrected chi connectivity index (χ4v) is 1.78. The van der Waals surface area contributed by atoms with E-state index in [0.717, 1.165) is 5.56 Å². The van der Waals surface area contributed by atoms with Crippen LogP contribution < -0.4 is 0 Å². The van der Waals surface area contributed by atoms with Crippen LogP contribution in [0.15, 0.2) is 30.3 Å². The quantitative estimate of drug-likeness (QED) is 0.886. The Labute approximate surface area is 110 Å². The highest BCUT2D eigenvalue weighted by molar-refractivity contribution is 5.92. The zero-order valence-electron chi connectivity index (χ0n) is 10.8. The standard InChI is InChI=1S/C13H15N3O3/c1-9(19-2)8-16-12(10-6-4-3-5-7-10)11(13(17)18)14-15-16/h3-7,9H,8H2,1-2H3,(H,17,18). The molecule has 0 aliphatic heterocycles. The average Bonchev–Trinajstić information content (AvgIpc) is 2.83. The van der Waals surface area contributed by atoms with Crippen LogP contribution >= 0.6 is 0 Å². The summed E-state index contributed by atoms with van der Waals surface area (Å²) >= 11 is 0. The number of aromatic carboxylic acids is 1. The Kier molecular flexibility index (Phi) is 3.91. The first-order valence-electron chi connectivity index (χ1n) is 5.88. The normalized spacial score (nSPS) is 12.3. The third-order valence-corrected chi connectivity index (χ3v) is 2.82. The number of carboxylic acid groups (broad SMARTS) is 1. The maximum atomic E-state index is 11.2. The molecule has 1 aromatic heterocycles. The molecule has 0 fully saturated rings. The molecule has 2 rings (SSSR count). The molecular formula is C13H15N3O3. The predicted octanol–water partition coefficient (Wildman–Crippen LogP) is 1.68. The average molecular weight is 261 g/mol. The maximum Gasteiger partial charge on any atom is 0.358 e. The lowest BCUT2D eigenvalue weighted by Gasteiger charge is -2.11. The van der Waals surface area contributed by atoms with Crippen LogP contribution in [-0.2, 0) is 11.3 Å². The van der Waals surface area contributed by atoms with E-state index in [1.807, 2.05) is 37.3 Å². The summed E-state index contributed by atoms with van der Waals surface area (Å²) in [4.78, 5) is 11.2. The Hall–Kier alpha value is -2.21. The highest BCUT2D eigenvalue weighted by Gasteiger charge is 2.21. The monoisotopic (exact) mass is 261 g/mol. The van der Waals surface area contributed by atoms with E-state index in [4.69, 9.17) is 4.74 Å². The van der Waals surface area contributed by atoms with Crippen LogP contribution in [0.5, 0.6) is 0 Å². The molecule has 6 nitrogen and oxygen atoms in total. The maximum absolute atomic E-state index is 11.2. The summed E-state index contributed by atoms with van der Waals surface area (Å²) in [6, 6.07) is 9.23. The number of rotatable bonds is 5. The van der Waals surface area contributed by atoms with Gasteiger partial charge in [-0.1, -0.05) is 35.5 Å². The molecule has 100 valence electrons. The van der Waals surface area contributed by atoms with Gasteiger partial charge in [-0.3, -0.25) is 0 Å². The van der Waals surface area contributed by atoms with Crippen molar-refractivity contribution in [3.63, 3.8) is 0 Å². The van der Waals surface area contributed by atoms with E-state index < -0.39 is 5.97 Å². The molecule has 0 spiro atoms. The van der Waals surface area contributed by atoms with Crippen molar-refractivity contribution in [3.05, 3.63) is 36.0 Å². The van der Waals surface area contributed by atoms with Crippen molar-refractivity contribution >= 4 is 5.97 Å². The number of benzene rings is 1. The number of carboxylic acids is 1. The fraction of sp³-hybridized carbons (Fsp3) is 0.308. The lowest BCUT2D eigenvalue weighted by atomic mass is 10.1. The largest absolute Gasteiger partial charge is 0.476 e. The highest BCUT2D eigenvalue weighted by atomic mass is 16.5. The van der Waals surface area contributed by atoms with Crippen LogP contribution in [0.25, 0.3) is 11.3 Å². The van der Waals surface area contributed by atoms with Crippen molar-refractivity contribution in [3.8, 4) is 11.3 Å². The van der Waals surface area contributed by atoms with Gasteiger partial charge in [-0.05, 0) is 6.92 Å². The molecular weight excluding hydrogens is 246 g/mol. The lowest BCUT2D eigenvalue weighted by Crippen LogP contribution is -2.17. The van der Waals surface area contributed by atoms with Crippen LogP contribution in [0.4, 0.5) is 0 Å². The summed E-state index contributed by atoms with van der Waals surface area (Å²) in [7, 11) is 1.60. The van der Waals surface area contributed by atoms with Crippen molar-refractivity contribution in [2.75, 3.05) is 7.11 Å². The molecule has 19 heavy (non-hydrogen) atoms. The van der Waals surface area contributed by atoms with Crippen molar-refractivity contribution in [1.29, 1.82) is 0 Å². The first kappa shape index (κ1) is 13.2. The number of hydrogen-bond donors (Lipinski definition) is 1. The number of aromatic nitrogens is 3. The van der Waals surface area contributed by atoms with Gasteiger partial charge in [0.25, 0.3) is 0 Å². The molecule has 0 amide bonds. The van der Waals surface area contributed by atoms with Gasteiger partial charge in [0.1, 0.15) is 5.69 Å². The van der Waals surface area contributed by atoms with Gasteiger partial charge in [-0.15, -0.1) is 5.10 Å². The van der Waals surface area contributed by atoms with E-state index in [1.54, 1.807) is 11.8 Å². The van der Waals surface area contributed by atoms with Crippen molar-refractivity contribution in [1.82, 2.24) is 15.0 Å². The molecule has 6 heteroatoms. The Morgan fingerprint density at radius 1 is 1.42 bits per heavy atom. The molecule has 1 unspecified atom stereocenters. The van der Waals surface area contributed by atoms with E-state index >= 15 is 0 Å². The van der Waals surface area contributed by atoms with Gasteiger partial charge in [0, 0.05) is 12.7 Å². The zero-order valence-corrected chi connectivity index (χ0v) is 10.8. The van der Waals surface area contributed by atoms with Crippen molar-refractivity contribution in [2.45, 2.75) is 19.6 Å². The van der Waals surface area contributed by atoms with Gasteiger partial charge in [0.05, 0.1) is 12.6 Å². The molecule has 0 radical (unpaired) electrons. The van der Waals surface area contributed by atoms with Crippen molar-refractivity contribution < 1.29 is 14.6 Å². The summed E-state index contributed by atoms with van der Waals surface area (Å²) in [5, 5.41) is 16.8. The van der Waals surface area contributed by atoms with Crippen LogP contribution in [-0.4, -0.2) is 39.3 Å². The Morgan fingerprint density at radius 3 is 2.68 bits per heavy atom. The molecule has 0 aliphatic carbocycles. The summed E-state index contributed by atoms with van der Waals surface area (Å²) in [6.07, 6.45) is -0.0780. The second-order valence-electron chi connectivity index (χ2n) is 4.19. The topological polar surface area (TPSA) is 77.2 Å². The molecule has 0 bridgehead atoms. The van der Waals surface area contributed by atoms with E-state index in [1.165, 1.54) is 0 Å². The second kappa shape index (κ2) is 5.62. The number of hydrogen-bond acceptors (Lipinski definition) is 4. The molecule has 1 heterocycles. The number of carbonyl (C=O) groups is 1. The molecule has 1 atom stereocenters. The third kappa shape index (κ3) is 2.79. The molecule has 2 aromatic rings. The summed E-state index contributed by atoms with van der Waals surface area (Å²) in [5.74, 6) is -1.09. The van der Waals surface area contributed by atoms with E-state index in [9.17, 15) is 9.90 Å². The molecule has 1 aromatic carbocycles. The summed E-state index contributed by atoms with van der Waals surface area (Å²) in [6.45, 7) is 2.33. The SMILES string of the molecule is COC(C)Cn1nnc(C(=O)O)c1-c1ccccc1. The smallest absolute Gasteiger partial charge is 0.358 e. The first-order valence-corrected chi connectivity index (χ1v) is 5.88. The Morgan fingerprint density at radius 2 is 2.11 bits per heavy atom. The van der Waals surface area contributed by atoms with Crippen molar-refractivity contribution in [2.24, 2.45) is 0 Å².